The normalized spacial score (nSPS) is 11.4. The van der Waals surface area contributed by atoms with Crippen LogP contribution in [0.5, 0.6) is 0 Å². The van der Waals surface area contributed by atoms with E-state index in [9.17, 15) is 4.79 Å². The molecule has 3 N–H and O–H groups in total. The van der Waals surface area contributed by atoms with Gasteiger partial charge in [-0.05, 0) is 30.0 Å². The zero-order valence-corrected chi connectivity index (χ0v) is 13.1. The minimum absolute atomic E-state index is 0.154. The topological polar surface area (TPSA) is 55.1 Å². The van der Waals surface area contributed by atoms with Crippen LogP contribution in [0.2, 0.25) is 5.02 Å². The van der Waals surface area contributed by atoms with Crippen molar-refractivity contribution in [3.63, 3.8) is 0 Å². The lowest BCUT2D eigenvalue weighted by atomic mass is 10.1. The standard InChI is InChI=1S/C16H15ClN2OS/c1-11(13-6-2-3-7-14(13)17)19-16(20)15-12(5-4-9-18)8-10-21-15/h2-3,6-8,10-11H,9,18H2,1H3,(H,19,20). The van der Waals surface area contributed by atoms with Crippen LogP contribution in [0.3, 0.4) is 0 Å². The van der Waals surface area contributed by atoms with Crippen molar-refractivity contribution in [3.05, 3.63) is 56.7 Å². The highest BCUT2D eigenvalue weighted by Crippen LogP contribution is 2.23. The molecule has 108 valence electrons. The molecule has 2 aromatic rings. The van der Waals surface area contributed by atoms with E-state index in [1.807, 2.05) is 42.6 Å². The van der Waals surface area contributed by atoms with Crippen molar-refractivity contribution >= 4 is 28.8 Å². The predicted molar refractivity (Wildman–Crippen MR) is 87.6 cm³/mol. The molecule has 1 amide bonds. The largest absolute Gasteiger partial charge is 0.345 e. The Bertz CT molecular complexity index is 700. The molecule has 1 aromatic carbocycles. The maximum absolute atomic E-state index is 12.3. The summed E-state index contributed by atoms with van der Waals surface area (Å²) in [4.78, 5) is 12.9. The Morgan fingerprint density at radius 1 is 1.43 bits per heavy atom. The summed E-state index contributed by atoms with van der Waals surface area (Å²) in [6, 6.07) is 9.11. The summed E-state index contributed by atoms with van der Waals surface area (Å²) in [6.07, 6.45) is 0. The van der Waals surface area contributed by atoms with Gasteiger partial charge in [-0.25, -0.2) is 0 Å². The lowest BCUT2D eigenvalue weighted by Gasteiger charge is -2.15. The van der Waals surface area contributed by atoms with Crippen LogP contribution in [0.25, 0.3) is 0 Å². The molecule has 0 fully saturated rings. The molecule has 21 heavy (non-hydrogen) atoms. The van der Waals surface area contributed by atoms with Gasteiger partial charge in [0.2, 0.25) is 0 Å². The third kappa shape index (κ3) is 3.85. The van der Waals surface area contributed by atoms with Gasteiger partial charge < -0.3 is 11.1 Å². The quantitative estimate of drug-likeness (QED) is 0.854. The number of hydrogen-bond donors (Lipinski definition) is 2. The first kappa shape index (κ1) is 15.6. The lowest BCUT2D eigenvalue weighted by Crippen LogP contribution is -2.26. The number of nitrogens with two attached hydrogens (primary N) is 1. The first-order valence-corrected chi connectivity index (χ1v) is 7.71. The van der Waals surface area contributed by atoms with E-state index in [2.05, 4.69) is 17.2 Å². The number of hydrogen-bond acceptors (Lipinski definition) is 3. The van der Waals surface area contributed by atoms with Gasteiger partial charge in [-0.3, -0.25) is 4.79 Å². The lowest BCUT2D eigenvalue weighted by molar-refractivity contribution is 0.0944. The van der Waals surface area contributed by atoms with Gasteiger partial charge in [0.05, 0.1) is 12.6 Å². The second kappa shape index (κ2) is 7.28. The number of amides is 1. The average molecular weight is 319 g/mol. The van der Waals surface area contributed by atoms with Gasteiger partial charge in [0, 0.05) is 10.6 Å². The Hall–Kier alpha value is -1.80. The van der Waals surface area contributed by atoms with Crippen molar-refractivity contribution in [3.8, 4) is 11.8 Å². The van der Waals surface area contributed by atoms with Gasteiger partial charge in [0.1, 0.15) is 4.88 Å². The van der Waals surface area contributed by atoms with Crippen LogP contribution in [0.1, 0.15) is 33.8 Å². The van der Waals surface area contributed by atoms with E-state index in [-0.39, 0.29) is 18.5 Å². The molecule has 0 saturated carbocycles. The Labute approximate surface area is 133 Å². The molecule has 0 aliphatic carbocycles. The van der Waals surface area contributed by atoms with E-state index in [0.717, 1.165) is 5.56 Å². The smallest absolute Gasteiger partial charge is 0.263 e. The van der Waals surface area contributed by atoms with Crippen molar-refractivity contribution < 1.29 is 4.79 Å². The molecule has 3 nitrogen and oxygen atoms in total. The summed E-state index contributed by atoms with van der Waals surface area (Å²) in [7, 11) is 0. The molecule has 0 aliphatic rings. The molecule has 1 heterocycles. The summed E-state index contributed by atoms with van der Waals surface area (Å²) in [5.41, 5.74) is 6.95. The van der Waals surface area contributed by atoms with Crippen molar-refractivity contribution in [2.75, 3.05) is 6.54 Å². The van der Waals surface area contributed by atoms with E-state index in [1.54, 1.807) is 0 Å². The van der Waals surface area contributed by atoms with Crippen molar-refractivity contribution in [2.24, 2.45) is 5.73 Å². The van der Waals surface area contributed by atoms with E-state index in [0.29, 0.717) is 15.5 Å². The molecular weight excluding hydrogens is 304 g/mol. The summed E-state index contributed by atoms with van der Waals surface area (Å²) in [5.74, 6) is 5.52. The number of nitrogens with one attached hydrogen (secondary N) is 1. The van der Waals surface area contributed by atoms with Crippen LogP contribution in [-0.2, 0) is 0 Å². The van der Waals surface area contributed by atoms with Crippen molar-refractivity contribution in [1.82, 2.24) is 5.32 Å². The third-order valence-electron chi connectivity index (χ3n) is 2.92. The molecule has 0 saturated heterocycles. The highest BCUT2D eigenvalue weighted by molar-refractivity contribution is 7.12. The number of benzene rings is 1. The molecule has 0 radical (unpaired) electrons. The zero-order valence-electron chi connectivity index (χ0n) is 11.5. The SMILES string of the molecule is CC(NC(=O)c1sccc1C#CCN)c1ccccc1Cl. The highest BCUT2D eigenvalue weighted by Gasteiger charge is 2.16. The monoisotopic (exact) mass is 318 g/mol. The predicted octanol–water partition coefficient (Wildman–Crippen LogP) is 3.20. The number of carbonyl (C=O) groups is 1. The molecule has 1 aromatic heterocycles. The Kier molecular flexibility index (Phi) is 5.40. The fourth-order valence-corrected chi connectivity index (χ4v) is 2.95. The van der Waals surface area contributed by atoms with E-state index in [4.69, 9.17) is 17.3 Å². The number of rotatable bonds is 3. The molecule has 0 aliphatic heterocycles. The Morgan fingerprint density at radius 3 is 2.90 bits per heavy atom. The van der Waals surface area contributed by atoms with Crippen molar-refractivity contribution in [1.29, 1.82) is 0 Å². The zero-order chi connectivity index (χ0) is 15.2. The Morgan fingerprint density at radius 2 is 2.19 bits per heavy atom. The molecule has 0 spiro atoms. The molecule has 1 atom stereocenters. The summed E-state index contributed by atoms with van der Waals surface area (Å²) in [6.45, 7) is 2.17. The maximum atomic E-state index is 12.3. The van der Waals surface area contributed by atoms with E-state index in [1.165, 1.54) is 11.3 Å². The van der Waals surface area contributed by atoms with Gasteiger partial charge in [-0.1, -0.05) is 41.6 Å². The first-order chi connectivity index (χ1) is 10.1. The summed E-state index contributed by atoms with van der Waals surface area (Å²) >= 11 is 7.50. The molecule has 1 unspecified atom stereocenters. The summed E-state index contributed by atoms with van der Waals surface area (Å²) < 4.78 is 0. The van der Waals surface area contributed by atoms with Gasteiger partial charge in [0.25, 0.3) is 5.91 Å². The fourth-order valence-electron chi connectivity index (χ4n) is 1.90. The van der Waals surface area contributed by atoms with Gasteiger partial charge >= 0.3 is 0 Å². The van der Waals surface area contributed by atoms with Crippen LogP contribution >= 0.6 is 22.9 Å². The van der Waals surface area contributed by atoms with Crippen LogP contribution < -0.4 is 11.1 Å². The minimum atomic E-state index is -0.177. The maximum Gasteiger partial charge on any atom is 0.263 e. The molecule has 0 bridgehead atoms. The molecule has 5 heteroatoms. The van der Waals surface area contributed by atoms with Gasteiger partial charge in [-0.15, -0.1) is 11.3 Å². The van der Waals surface area contributed by atoms with E-state index < -0.39 is 0 Å². The second-order valence-corrected chi connectivity index (χ2v) is 5.71. The minimum Gasteiger partial charge on any atom is -0.345 e. The summed E-state index contributed by atoms with van der Waals surface area (Å²) in [5, 5.41) is 5.43. The van der Waals surface area contributed by atoms with E-state index >= 15 is 0 Å². The van der Waals surface area contributed by atoms with Gasteiger partial charge in [0.15, 0.2) is 0 Å². The average Bonchev–Trinajstić information content (AvgIpc) is 2.93. The van der Waals surface area contributed by atoms with Gasteiger partial charge in [-0.2, -0.15) is 0 Å². The van der Waals surface area contributed by atoms with Crippen molar-refractivity contribution in [2.45, 2.75) is 13.0 Å². The van der Waals surface area contributed by atoms with Crippen LogP contribution in [0.15, 0.2) is 35.7 Å². The Balaban J connectivity index is 2.15. The van der Waals surface area contributed by atoms with Crippen LogP contribution in [-0.4, -0.2) is 12.5 Å². The fraction of sp³-hybridized carbons (Fsp3) is 0.188. The number of halogens is 1. The first-order valence-electron chi connectivity index (χ1n) is 6.45. The van der Waals surface area contributed by atoms with Crippen LogP contribution in [0, 0.1) is 11.8 Å². The second-order valence-electron chi connectivity index (χ2n) is 4.39. The van der Waals surface area contributed by atoms with Crippen LogP contribution in [0.4, 0.5) is 0 Å². The number of thiophene rings is 1. The number of carbonyl (C=O) groups excluding carboxylic acids is 1. The highest BCUT2D eigenvalue weighted by atomic mass is 35.5. The molecule has 2 rings (SSSR count). The molecular formula is C16H15ClN2OS. The third-order valence-corrected chi connectivity index (χ3v) is 4.17.